The Balaban J connectivity index is 1.44. The molecule has 31 heavy (non-hydrogen) atoms. The molecular formula is C26H29N3O2. The van der Waals surface area contributed by atoms with Crippen LogP contribution in [0, 0.1) is 6.92 Å². The normalized spacial score (nSPS) is 16.2. The third-order valence-electron chi connectivity index (χ3n) is 5.97. The molecule has 0 spiro atoms. The van der Waals surface area contributed by atoms with Gasteiger partial charge in [-0.2, -0.15) is 0 Å². The van der Waals surface area contributed by atoms with E-state index in [1.165, 1.54) is 5.56 Å². The predicted molar refractivity (Wildman–Crippen MR) is 122 cm³/mol. The average Bonchev–Trinajstić information content (AvgIpc) is 2.83. The molecule has 4 rings (SSSR count). The van der Waals surface area contributed by atoms with Gasteiger partial charge < -0.3 is 9.64 Å². The Morgan fingerprint density at radius 3 is 2.71 bits per heavy atom. The number of ether oxygens (including phenoxy) is 1. The van der Waals surface area contributed by atoms with Crippen LogP contribution in [0.3, 0.4) is 0 Å². The molecule has 1 aliphatic heterocycles. The number of amides is 1. The van der Waals surface area contributed by atoms with Gasteiger partial charge in [-0.15, -0.1) is 0 Å². The lowest BCUT2D eigenvalue weighted by molar-refractivity contribution is -0.132. The minimum Gasteiger partial charge on any atom is -0.497 e. The van der Waals surface area contributed by atoms with Gasteiger partial charge in [0.05, 0.1) is 18.5 Å². The van der Waals surface area contributed by atoms with Gasteiger partial charge in [-0.3, -0.25) is 14.8 Å². The van der Waals surface area contributed by atoms with Crippen LogP contribution in [-0.2, 0) is 11.2 Å². The SMILES string of the molecule is COc1ccc(CCC(=O)N2CCCC(c3nccnc3-c3cccc(C)c3)C2)cc1. The molecular weight excluding hydrogens is 386 g/mol. The van der Waals surface area contributed by atoms with Crippen LogP contribution >= 0.6 is 0 Å². The van der Waals surface area contributed by atoms with Gasteiger partial charge in [0.2, 0.25) is 5.91 Å². The van der Waals surface area contributed by atoms with Crippen LogP contribution in [0.5, 0.6) is 5.75 Å². The highest BCUT2D eigenvalue weighted by Crippen LogP contribution is 2.32. The fraction of sp³-hybridized carbons (Fsp3) is 0.346. The number of carbonyl (C=O) groups is 1. The van der Waals surface area contributed by atoms with E-state index in [9.17, 15) is 4.79 Å². The molecule has 0 bridgehead atoms. The first-order chi connectivity index (χ1) is 15.1. The van der Waals surface area contributed by atoms with Crippen molar-refractivity contribution in [1.29, 1.82) is 0 Å². The Hall–Kier alpha value is -3.21. The molecule has 160 valence electrons. The first-order valence-electron chi connectivity index (χ1n) is 10.9. The van der Waals surface area contributed by atoms with E-state index in [1.807, 2.05) is 29.2 Å². The van der Waals surface area contributed by atoms with Crippen LogP contribution < -0.4 is 4.74 Å². The number of carbonyl (C=O) groups excluding carboxylic acids is 1. The van der Waals surface area contributed by atoms with Gasteiger partial charge in [-0.25, -0.2) is 0 Å². The quantitative estimate of drug-likeness (QED) is 0.580. The Morgan fingerprint density at radius 1 is 1.13 bits per heavy atom. The zero-order valence-corrected chi connectivity index (χ0v) is 18.3. The third-order valence-corrected chi connectivity index (χ3v) is 5.97. The van der Waals surface area contributed by atoms with Gasteiger partial charge in [-0.1, -0.05) is 35.9 Å². The first kappa shape index (κ1) is 21.0. The average molecular weight is 416 g/mol. The van der Waals surface area contributed by atoms with Crippen molar-refractivity contribution in [2.75, 3.05) is 20.2 Å². The highest BCUT2D eigenvalue weighted by Gasteiger charge is 2.27. The number of aromatic nitrogens is 2. The molecule has 1 amide bonds. The largest absolute Gasteiger partial charge is 0.497 e. The smallest absolute Gasteiger partial charge is 0.222 e. The molecule has 0 N–H and O–H groups in total. The fourth-order valence-electron chi connectivity index (χ4n) is 4.29. The van der Waals surface area contributed by atoms with E-state index in [0.29, 0.717) is 13.0 Å². The number of benzene rings is 2. The number of hydrogen-bond acceptors (Lipinski definition) is 4. The Labute approximate surface area is 184 Å². The molecule has 5 heteroatoms. The maximum absolute atomic E-state index is 12.9. The van der Waals surface area contributed by atoms with E-state index in [4.69, 9.17) is 9.72 Å². The second kappa shape index (κ2) is 9.73. The van der Waals surface area contributed by atoms with Gasteiger partial charge in [0.25, 0.3) is 0 Å². The van der Waals surface area contributed by atoms with Gasteiger partial charge in [0.15, 0.2) is 0 Å². The molecule has 1 unspecified atom stereocenters. The standard InChI is InChI=1S/C26H29N3O2/c1-19-5-3-6-21(17-19)25-26(28-15-14-27-25)22-7-4-16-29(18-22)24(30)13-10-20-8-11-23(31-2)12-9-20/h3,5-6,8-9,11-12,14-15,17,22H,4,7,10,13,16,18H2,1-2H3. The van der Waals surface area contributed by atoms with E-state index >= 15 is 0 Å². The van der Waals surface area contributed by atoms with Crippen molar-refractivity contribution < 1.29 is 9.53 Å². The maximum atomic E-state index is 12.9. The van der Waals surface area contributed by atoms with Gasteiger partial charge in [0.1, 0.15) is 5.75 Å². The zero-order chi connectivity index (χ0) is 21.6. The number of nitrogens with zero attached hydrogens (tertiary/aromatic N) is 3. The molecule has 3 aromatic rings. The minimum absolute atomic E-state index is 0.210. The van der Waals surface area contributed by atoms with E-state index in [2.05, 4.69) is 36.2 Å². The van der Waals surface area contributed by atoms with Crippen LogP contribution in [0.15, 0.2) is 60.9 Å². The van der Waals surface area contributed by atoms with Crippen LogP contribution in [0.2, 0.25) is 0 Å². The molecule has 1 saturated heterocycles. The van der Waals surface area contributed by atoms with Crippen LogP contribution in [0.25, 0.3) is 11.3 Å². The number of aryl methyl sites for hydroxylation is 2. The minimum atomic E-state index is 0.210. The summed E-state index contributed by atoms with van der Waals surface area (Å²) >= 11 is 0. The lowest BCUT2D eigenvalue weighted by atomic mass is 9.91. The van der Waals surface area contributed by atoms with E-state index in [0.717, 1.165) is 54.1 Å². The topological polar surface area (TPSA) is 55.3 Å². The van der Waals surface area contributed by atoms with Crippen molar-refractivity contribution in [2.24, 2.45) is 0 Å². The van der Waals surface area contributed by atoms with Crippen LogP contribution in [-0.4, -0.2) is 41.0 Å². The van der Waals surface area contributed by atoms with Crippen LogP contribution in [0.1, 0.15) is 42.0 Å². The second-order valence-electron chi connectivity index (χ2n) is 8.19. The van der Waals surface area contributed by atoms with Gasteiger partial charge in [-0.05, 0) is 49.9 Å². The molecule has 2 heterocycles. The number of hydrogen-bond donors (Lipinski definition) is 0. The lowest BCUT2D eigenvalue weighted by Crippen LogP contribution is -2.39. The molecule has 5 nitrogen and oxygen atoms in total. The summed E-state index contributed by atoms with van der Waals surface area (Å²) in [6, 6.07) is 16.3. The van der Waals surface area contributed by atoms with E-state index < -0.39 is 0 Å². The van der Waals surface area contributed by atoms with E-state index in [1.54, 1.807) is 19.5 Å². The van der Waals surface area contributed by atoms with Crippen molar-refractivity contribution in [1.82, 2.24) is 14.9 Å². The van der Waals surface area contributed by atoms with Crippen molar-refractivity contribution >= 4 is 5.91 Å². The first-order valence-corrected chi connectivity index (χ1v) is 10.9. The number of likely N-dealkylation sites (tertiary alicyclic amines) is 1. The second-order valence-corrected chi connectivity index (χ2v) is 8.19. The molecule has 2 aromatic carbocycles. The summed E-state index contributed by atoms with van der Waals surface area (Å²) in [4.78, 5) is 24.3. The molecule has 0 aliphatic carbocycles. The number of methoxy groups -OCH3 is 1. The van der Waals surface area contributed by atoms with Crippen molar-refractivity contribution in [2.45, 2.75) is 38.5 Å². The van der Waals surface area contributed by atoms with Gasteiger partial charge >= 0.3 is 0 Å². The Bertz CT molecular complexity index is 1030. The molecule has 1 fully saturated rings. The summed E-state index contributed by atoms with van der Waals surface area (Å²) in [7, 11) is 1.66. The number of piperidine rings is 1. The highest BCUT2D eigenvalue weighted by molar-refractivity contribution is 5.76. The summed E-state index contributed by atoms with van der Waals surface area (Å²) in [6.07, 6.45) is 6.79. The summed E-state index contributed by atoms with van der Waals surface area (Å²) in [5.41, 5.74) is 5.38. The third kappa shape index (κ3) is 5.10. The summed E-state index contributed by atoms with van der Waals surface area (Å²) < 4.78 is 5.21. The van der Waals surface area contributed by atoms with Crippen molar-refractivity contribution in [3.05, 3.63) is 77.7 Å². The molecule has 1 aliphatic rings. The Kier molecular flexibility index (Phi) is 6.60. The van der Waals surface area contributed by atoms with Crippen molar-refractivity contribution in [3.63, 3.8) is 0 Å². The number of rotatable bonds is 6. The summed E-state index contributed by atoms with van der Waals surface area (Å²) in [5, 5.41) is 0. The molecule has 0 radical (unpaired) electrons. The Morgan fingerprint density at radius 2 is 1.94 bits per heavy atom. The molecule has 1 aromatic heterocycles. The highest BCUT2D eigenvalue weighted by atomic mass is 16.5. The monoisotopic (exact) mass is 415 g/mol. The van der Waals surface area contributed by atoms with Crippen LogP contribution in [0.4, 0.5) is 0 Å². The van der Waals surface area contributed by atoms with Gasteiger partial charge in [0, 0.05) is 43.4 Å². The zero-order valence-electron chi connectivity index (χ0n) is 18.3. The summed E-state index contributed by atoms with van der Waals surface area (Å²) in [5.74, 6) is 1.26. The molecule has 1 atom stereocenters. The van der Waals surface area contributed by atoms with E-state index in [-0.39, 0.29) is 11.8 Å². The molecule has 0 saturated carbocycles. The predicted octanol–water partition coefficient (Wildman–Crippen LogP) is 4.80. The maximum Gasteiger partial charge on any atom is 0.222 e. The van der Waals surface area contributed by atoms with Crippen molar-refractivity contribution in [3.8, 4) is 17.0 Å². The lowest BCUT2D eigenvalue weighted by Gasteiger charge is -2.33. The summed E-state index contributed by atoms with van der Waals surface area (Å²) in [6.45, 7) is 3.61. The fourth-order valence-corrected chi connectivity index (χ4v) is 4.29.